The highest BCUT2D eigenvalue weighted by molar-refractivity contribution is 7.92. The fraction of sp³-hybridized carbons (Fsp3) is 0.235. The smallest absolute Gasteiger partial charge is 0.245 e. The molecule has 0 fully saturated rings. The molecule has 0 saturated heterocycles. The number of rotatable bonds is 5. The summed E-state index contributed by atoms with van der Waals surface area (Å²) in [4.78, 5) is 12.3. The molecule has 0 unspecified atom stereocenters. The summed E-state index contributed by atoms with van der Waals surface area (Å²) in [6, 6.07) is 9.02. The number of aryl methyl sites for hydroxylation is 2. The Morgan fingerprint density at radius 1 is 1.16 bits per heavy atom. The van der Waals surface area contributed by atoms with Gasteiger partial charge in [-0.1, -0.05) is 17.7 Å². The maximum absolute atomic E-state index is 13.2. The number of benzene rings is 2. The van der Waals surface area contributed by atoms with E-state index in [-0.39, 0.29) is 10.7 Å². The van der Waals surface area contributed by atoms with E-state index < -0.39 is 28.3 Å². The predicted octanol–water partition coefficient (Wildman–Crippen LogP) is 3.50. The van der Waals surface area contributed by atoms with Crippen molar-refractivity contribution in [1.29, 1.82) is 0 Å². The number of sulfonamides is 1. The Hall–Kier alpha value is -2.12. The van der Waals surface area contributed by atoms with Crippen molar-refractivity contribution in [3.63, 3.8) is 0 Å². The molecular formula is C17H18ClFN2O3S. The lowest BCUT2D eigenvalue weighted by atomic mass is 10.1. The topological polar surface area (TPSA) is 66.5 Å². The van der Waals surface area contributed by atoms with E-state index in [2.05, 4.69) is 5.32 Å². The molecule has 25 heavy (non-hydrogen) atoms. The van der Waals surface area contributed by atoms with Gasteiger partial charge in [0.15, 0.2) is 0 Å². The summed E-state index contributed by atoms with van der Waals surface area (Å²) in [7, 11) is -3.67. The van der Waals surface area contributed by atoms with E-state index in [9.17, 15) is 17.6 Å². The molecule has 2 aromatic carbocycles. The molecule has 0 aromatic heterocycles. The summed E-state index contributed by atoms with van der Waals surface area (Å²) in [5.74, 6) is -1.17. The molecule has 5 nitrogen and oxygen atoms in total. The van der Waals surface area contributed by atoms with Crippen molar-refractivity contribution in [1.82, 2.24) is 0 Å². The molecule has 0 atom stereocenters. The van der Waals surface area contributed by atoms with Crippen molar-refractivity contribution in [3.05, 3.63) is 58.4 Å². The van der Waals surface area contributed by atoms with Crippen LogP contribution in [0, 0.1) is 19.7 Å². The lowest BCUT2D eigenvalue weighted by Gasteiger charge is -2.23. The van der Waals surface area contributed by atoms with E-state index in [0.717, 1.165) is 27.8 Å². The number of carbonyl (C=O) groups excluding carboxylic acids is 1. The molecule has 8 heteroatoms. The van der Waals surface area contributed by atoms with Crippen molar-refractivity contribution < 1.29 is 17.6 Å². The highest BCUT2D eigenvalue weighted by Gasteiger charge is 2.21. The fourth-order valence-electron chi connectivity index (χ4n) is 2.40. The molecule has 0 radical (unpaired) electrons. The Morgan fingerprint density at radius 3 is 2.28 bits per heavy atom. The quantitative estimate of drug-likeness (QED) is 0.857. The molecule has 0 bridgehead atoms. The van der Waals surface area contributed by atoms with Gasteiger partial charge in [-0.3, -0.25) is 9.10 Å². The van der Waals surface area contributed by atoms with Gasteiger partial charge < -0.3 is 5.32 Å². The first kappa shape index (κ1) is 19.2. The van der Waals surface area contributed by atoms with Crippen molar-refractivity contribution in [2.24, 2.45) is 0 Å². The van der Waals surface area contributed by atoms with Crippen molar-refractivity contribution in [2.45, 2.75) is 13.8 Å². The maximum atomic E-state index is 13.2. The minimum Gasteiger partial charge on any atom is -0.324 e. The first-order valence-electron chi connectivity index (χ1n) is 7.37. The Bertz CT molecular complexity index is 896. The molecule has 1 amide bonds. The van der Waals surface area contributed by atoms with Crippen molar-refractivity contribution in [3.8, 4) is 0 Å². The zero-order valence-corrected chi connectivity index (χ0v) is 15.6. The largest absolute Gasteiger partial charge is 0.324 e. The first-order valence-corrected chi connectivity index (χ1v) is 9.60. The molecule has 0 heterocycles. The average Bonchev–Trinajstić information content (AvgIpc) is 2.46. The Labute approximate surface area is 151 Å². The molecule has 0 spiro atoms. The van der Waals surface area contributed by atoms with E-state index in [4.69, 9.17) is 11.6 Å². The highest BCUT2D eigenvalue weighted by atomic mass is 35.5. The summed E-state index contributed by atoms with van der Waals surface area (Å²) >= 11 is 5.67. The number of halogens is 2. The number of amides is 1. The van der Waals surface area contributed by atoms with Gasteiger partial charge >= 0.3 is 0 Å². The van der Waals surface area contributed by atoms with Crippen LogP contribution in [0.3, 0.4) is 0 Å². The number of hydrogen-bond donors (Lipinski definition) is 1. The van der Waals surface area contributed by atoms with Crippen LogP contribution >= 0.6 is 11.6 Å². The number of nitrogens with one attached hydrogen (secondary N) is 1. The first-order chi connectivity index (χ1) is 11.6. The maximum Gasteiger partial charge on any atom is 0.245 e. The number of nitrogens with zero attached hydrogens (tertiary/aromatic N) is 1. The van der Waals surface area contributed by atoms with Gasteiger partial charge in [-0.15, -0.1) is 0 Å². The van der Waals surface area contributed by atoms with Crippen molar-refractivity contribution in [2.75, 3.05) is 22.4 Å². The molecule has 0 aliphatic heterocycles. The van der Waals surface area contributed by atoms with Crippen LogP contribution in [0.15, 0.2) is 36.4 Å². The summed E-state index contributed by atoms with van der Waals surface area (Å²) in [6.07, 6.45) is 1.03. The van der Waals surface area contributed by atoms with Crippen LogP contribution in [0.2, 0.25) is 5.02 Å². The summed E-state index contributed by atoms with van der Waals surface area (Å²) in [5.41, 5.74) is 2.46. The van der Waals surface area contributed by atoms with E-state index >= 15 is 0 Å². The third-order valence-electron chi connectivity index (χ3n) is 3.39. The number of carbonyl (C=O) groups is 1. The van der Waals surface area contributed by atoms with Gasteiger partial charge in [0, 0.05) is 5.69 Å². The number of hydrogen-bond acceptors (Lipinski definition) is 3. The van der Waals surface area contributed by atoms with E-state index in [1.54, 1.807) is 12.1 Å². The molecule has 2 aromatic rings. The average molecular weight is 385 g/mol. The van der Waals surface area contributed by atoms with E-state index in [0.29, 0.717) is 5.69 Å². The minimum absolute atomic E-state index is 0.132. The SMILES string of the molecule is Cc1cc(C)cc(N(CC(=O)Nc2ccc(F)c(Cl)c2)S(C)(=O)=O)c1. The monoisotopic (exact) mass is 384 g/mol. The van der Waals surface area contributed by atoms with Gasteiger partial charge in [0.2, 0.25) is 15.9 Å². The third kappa shape index (κ3) is 5.17. The van der Waals surface area contributed by atoms with Crippen LogP contribution in [0.1, 0.15) is 11.1 Å². The molecule has 0 saturated carbocycles. The van der Waals surface area contributed by atoms with Gasteiger partial charge in [0.05, 0.1) is 17.0 Å². The molecule has 0 aliphatic rings. The molecule has 2 rings (SSSR count). The van der Waals surface area contributed by atoms with Crippen LogP contribution < -0.4 is 9.62 Å². The normalized spacial score (nSPS) is 11.2. The van der Waals surface area contributed by atoms with Gasteiger partial charge in [0.1, 0.15) is 12.4 Å². The fourth-order valence-corrected chi connectivity index (χ4v) is 3.42. The van der Waals surface area contributed by atoms with Crippen molar-refractivity contribution >= 4 is 38.9 Å². The van der Waals surface area contributed by atoms with Crippen LogP contribution in [0.25, 0.3) is 0 Å². The molecule has 134 valence electrons. The standard InChI is InChI=1S/C17H18ClFN2O3S/c1-11-6-12(2)8-14(7-11)21(25(3,23)24)10-17(22)20-13-4-5-16(19)15(18)9-13/h4-9H,10H2,1-3H3,(H,20,22). The van der Waals surface area contributed by atoms with Crippen LogP contribution in [0.4, 0.5) is 15.8 Å². The molecule has 1 N–H and O–H groups in total. The second-order valence-corrected chi connectivity index (χ2v) is 8.11. The Morgan fingerprint density at radius 2 is 1.76 bits per heavy atom. The third-order valence-corrected chi connectivity index (χ3v) is 4.82. The lowest BCUT2D eigenvalue weighted by Crippen LogP contribution is -2.37. The number of anilines is 2. The zero-order valence-electron chi connectivity index (χ0n) is 14.0. The Kier molecular flexibility index (Phi) is 5.69. The van der Waals surface area contributed by atoms with Gasteiger partial charge in [-0.25, -0.2) is 12.8 Å². The van der Waals surface area contributed by atoms with Crippen LogP contribution in [-0.4, -0.2) is 27.1 Å². The van der Waals surface area contributed by atoms with E-state index in [1.165, 1.54) is 12.1 Å². The van der Waals surface area contributed by atoms with Crippen LogP contribution in [0.5, 0.6) is 0 Å². The van der Waals surface area contributed by atoms with Gasteiger partial charge in [0.25, 0.3) is 0 Å². The summed E-state index contributed by atoms with van der Waals surface area (Å²) in [5, 5.41) is 2.38. The molecule has 0 aliphatic carbocycles. The second kappa shape index (κ2) is 7.41. The summed E-state index contributed by atoms with van der Waals surface area (Å²) in [6.45, 7) is 3.28. The second-order valence-electron chi connectivity index (χ2n) is 5.79. The minimum atomic E-state index is -3.67. The lowest BCUT2D eigenvalue weighted by molar-refractivity contribution is -0.114. The van der Waals surface area contributed by atoms with Gasteiger partial charge in [-0.2, -0.15) is 0 Å². The Balaban J connectivity index is 2.25. The summed E-state index contributed by atoms with van der Waals surface area (Å²) < 4.78 is 38.4. The predicted molar refractivity (Wildman–Crippen MR) is 98.1 cm³/mol. The highest BCUT2D eigenvalue weighted by Crippen LogP contribution is 2.22. The van der Waals surface area contributed by atoms with Crippen LogP contribution in [-0.2, 0) is 14.8 Å². The zero-order chi connectivity index (χ0) is 18.8. The van der Waals surface area contributed by atoms with Gasteiger partial charge in [-0.05, 0) is 55.3 Å². The molecular weight excluding hydrogens is 367 g/mol. The van der Waals surface area contributed by atoms with E-state index in [1.807, 2.05) is 19.9 Å².